The summed E-state index contributed by atoms with van der Waals surface area (Å²) < 4.78 is 60.6. The number of carbonyl (C=O) groups excluding carboxylic acids is 1. The first-order valence-electron chi connectivity index (χ1n) is 11.2. The smallest absolute Gasteiger partial charge is 0.416 e. The number of hydrogen-bond donors (Lipinski definition) is 0. The van der Waals surface area contributed by atoms with Crippen LogP contribution in [0, 0.1) is 6.92 Å². The Morgan fingerprint density at radius 3 is 2.39 bits per heavy atom. The van der Waals surface area contributed by atoms with Crippen molar-refractivity contribution in [1.29, 1.82) is 0 Å². The summed E-state index contributed by atoms with van der Waals surface area (Å²) in [5.41, 5.74) is 1.41. The van der Waals surface area contributed by atoms with Crippen LogP contribution >= 0.6 is 11.3 Å². The molecule has 1 aromatic heterocycles. The highest BCUT2D eigenvalue weighted by Crippen LogP contribution is 2.37. The van der Waals surface area contributed by atoms with Gasteiger partial charge in [-0.1, -0.05) is 18.2 Å². The Kier molecular flexibility index (Phi) is 8.97. The van der Waals surface area contributed by atoms with E-state index in [1.54, 1.807) is 19.1 Å². The Morgan fingerprint density at radius 2 is 1.81 bits per heavy atom. The number of nitrogens with zero attached hydrogens (tertiary/aromatic N) is 1. The number of carbonyl (C=O) groups is 1. The third-order valence-corrected chi connectivity index (χ3v) is 6.84. The normalized spacial score (nSPS) is 13.2. The van der Waals surface area contributed by atoms with Crippen molar-refractivity contribution in [3.8, 4) is 22.1 Å². The van der Waals surface area contributed by atoms with Crippen molar-refractivity contribution in [2.75, 3.05) is 20.8 Å². The molecule has 0 N–H and O–H groups in total. The lowest BCUT2D eigenvalue weighted by atomic mass is 10.1. The van der Waals surface area contributed by atoms with E-state index in [9.17, 15) is 18.0 Å². The molecule has 0 fully saturated rings. The minimum atomic E-state index is -4.38. The van der Waals surface area contributed by atoms with Crippen molar-refractivity contribution in [2.45, 2.75) is 45.6 Å². The molecule has 2 atom stereocenters. The number of thiazole rings is 1. The monoisotopic (exact) mass is 523 g/mol. The number of alkyl halides is 3. The summed E-state index contributed by atoms with van der Waals surface area (Å²) in [5.74, 6) is 0.634. The maximum Gasteiger partial charge on any atom is 0.416 e. The van der Waals surface area contributed by atoms with Crippen LogP contribution in [-0.4, -0.2) is 37.9 Å². The predicted octanol–water partition coefficient (Wildman–Crippen LogP) is 6.41. The largest absolute Gasteiger partial charge is 0.496 e. The summed E-state index contributed by atoms with van der Waals surface area (Å²) in [4.78, 5) is 17.4. The summed E-state index contributed by atoms with van der Waals surface area (Å²) in [6.07, 6.45) is -5.22. The van der Waals surface area contributed by atoms with Gasteiger partial charge in [-0.3, -0.25) is 0 Å². The van der Waals surface area contributed by atoms with Gasteiger partial charge in [-0.05, 0) is 44.5 Å². The SMILES string of the molecule is CCO[C@@H](Cc1ccc(O[C@H](C)c2sc(-c3ccc(C(F)(F)F)cc3)nc2C)cc1OC)C(=O)OC. The Morgan fingerprint density at radius 1 is 1.11 bits per heavy atom. The second-order valence-corrected chi connectivity index (χ2v) is 8.98. The van der Waals surface area contributed by atoms with Crippen LogP contribution in [0.5, 0.6) is 11.5 Å². The lowest BCUT2D eigenvalue weighted by molar-refractivity contribution is -0.153. The van der Waals surface area contributed by atoms with Crippen LogP contribution in [0.1, 0.15) is 41.6 Å². The fraction of sp³-hybridized carbons (Fsp3) is 0.385. The van der Waals surface area contributed by atoms with Gasteiger partial charge in [0.15, 0.2) is 6.10 Å². The van der Waals surface area contributed by atoms with Crippen molar-refractivity contribution in [2.24, 2.45) is 0 Å². The van der Waals surface area contributed by atoms with E-state index in [4.69, 9.17) is 18.9 Å². The molecule has 194 valence electrons. The second kappa shape index (κ2) is 11.7. The van der Waals surface area contributed by atoms with Crippen molar-refractivity contribution in [1.82, 2.24) is 4.98 Å². The maximum absolute atomic E-state index is 12.9. The molecule has 36 heavy (non-hydrogen) atoms. The number of halogens is 3. The van der Waals surface area contributed by atoms with Gasteiger partial charge in [-0.15, -0.1) is 11.3 Å². The summed E-state index contributed by atoms with van der Waals surface area (Å²) in [6, 6.07) is 10.3. The molecule has 6 nitrogen and oxygen atoms in total. The zero-order chi connectivity index (χ0) is 26.5. The van der Waals surface area contributed by atoms with Crippen LogP contribution in [-0.2, 0) is 26.9 Å². The minimum Gasteiger partial charge on any atom is -0.496 e. The fourth-order valence-corrected chi connectivity index (χ4v) is 4.73. The van der Waals surface area contributed by atoms with E-state index >= 15 is 0 Å². The molecular formula is C26H28F3NO5S. The molecule has 10 heteroatoms. The van der Waals surface area contributed by atoms with Crippen LogP contribution < -0.4 is 9.47 Å². The Bertz CT molecular complexity index is 1180. The first-order valence-corrected chi connectivity index (χ1v) is 12.1. The molecule has 0 aliphatic carbocycles. The Hall–Kier alpha value is -3.11. The van der Waals surface area contributed by atoms with Crippen molar-refractivity contribution < 1.29 is 36.9 Å². The van der Waals surface area contributed by atoms with Gasteiger partial charge < -0.3 is 18.9 Å². The molecule has 0 unspecified atom stereocenters. The topological polar surface area (TPSA) is 66.9 Å². The standard InChI is InChI=1S/C26H28F3NO5S/c1-6-34-22(25(31)33-5)13-18-9-12-20(14-21(18)32-4)35-16(3)23-15(2)30-24(36-23)17-7-10-19(11-8-17)26(27,28)29/h7-12,14,16,22H,6,13H2,1-5H3/t16-,22+/m1/s1. The van der Waals surface area contributed by atoms with Gasteiger partial charge in [0.25, 0.3) is 0 Å². The van der Waals surface area contributed by atoms with E-state index in [2.05, 4.69) is 4.98 Å². The van der Waals surface area contributed by atoms with Gasteiger partial charge in [0.05, 0.1) is 30.4 Å². The second-order valence-electron chi connectivity index (χ2n) is 7.95. The number of ether oxygens (including phenoxy) is 4. The number of esters is 1. The highest BCUT2D eigenvalue weighted by Gasteiger charge is 2.30. The zero-order valence-corrected chi connectivity index (χ0v) is 21.5. The number of rotatable bonds is 10. The van der Waals surface area contributed by atoms with Crippen LogP contribution in [0.15, 0.2) is 42.5 Å². The molecule has 0 bridgehead atoms. The summed E-state index contributed by atoms with van der Waals surface area (Å²) in [5, 5.41) is 0.615. The highest BCUT2D eigenvalue weighted by molar-refractivity contribution is 7.15. The van der Waals surface area contributed by atoms with Crippen LogP contribution in [0.3, 0.4) is 0 Å². The minimum absolute atomic E-state index is 0.282. The number of methoxy groups -OCH3 is 2. The summed E-state index contributed by atoms with van der Waals surface area (Å²) in [6.45, 7) is 5.88. The Labute approximate surface area is 212 Å². The molecule has 0 radical (unpaired) electrons. The number of benzene rings is 2. The lowest BCUT2D eigenvalue weighted by Crippen LogP contribution is -2.28. The molecule has 0 spiro atoms. The lowest BCUT2D eigenvalue weighted by Gasteiger charge is -2.18. The number of aromatic nitrogens is 1. The van der Waals surface area contributed by atoms with Crippen molar-refractivity contribution in [3.05, 3.63) is 64.2 Å². The van der Waals surface area contributed by atoms with Crippen LogP contribution in [0.25, 0.3) is 10.6 Å². The van der Waals surface area contributed by atoms with Gasteiger partial charge in [0, 0.05) is 24.7 Å². The molecule has 0 aliphatic rings. The van der Waals surface area contributed by atoms with Gasteiger partial charge in [0.1, 0.15) is 22.6 Å². The fourth-order valence-electron chi connectivity index (χ4n) is 3.68. The molecule has 3 rings (SSSR count). The van der Waals surface area contributed by atoms with E-state index in [1.165, 1.54) is 37.7 Å². The van der Waals surface area contributed by atoms with E-state index in [-0.39, 0.29) is 12.5 Å². The maximum atomic E-state index is 12.9. The first kappa shape index (κ1) is 27.5. The van der Waals surface area contributed by atoms with Gasteiger partial charge >= 0.3 is 12.1 Å². The molecule has 1 heterocycles. The van der Waals surface area contributed by atoms with Gasteiger partial charge in [-0.25, -0.2) is 9.78 Å². The average Bonchev–Trinajstić information content (AvgIpc) is 3.25. The third-order valence-electron chi connectivity index (χ3n) is 5.47. The van der Waals surface area contributed by atoms with Gasteiger partial charge in [-0.2, -0.15) is 13.2 Å². The number of hydrogen-bond acceptors (Lipinski definition) is 7. The van der Waals surface area contributed by atoms with E-state index in [0.717, 1.165) is 28.3 Å². The van der Waals surface area contributed by atoms with E-state index < -0.39 is 23.8 Å². The van der Waals surface area contributed by atoms with Crippen molar-refractivity contribution in [3.63, 3.8) is 0 Å². The molecule has 2 aromatic carbocycles. The summed E-state index contributed by atoms with van der Waals surface area (Å²) in [7, 11) is 2.85. The van der Waals surface area contributed by atoms with Gasteiger partial charge in [0.2, 0.25) is 0 Å². The first-order chi connectivity index (χ1) is 17.1. The molecule has 0 saturated carbocycles. The molecule has 3 aromatic rings. The predicted molar refractivity (Wildman–Crippen MR) is 130 cm³/mol. The molecule has 0 aliphatic heterocycles. The zero-order valence-electron chi connectivity index (χ0n) is 20.6. The molecule has 0 amide bonds. The van der Waals surface area contributed by atoms with Crippen LogP contribution in [0.2, 0.25) is 0 Å². The number of aryl methyl sites for hydroxylation is 1. The summed E-state index contributed by atoms with van der Waals surface area (Å²) >= 11 is 1.37. The molecule has 0 saturated heterocycles. The Balaban J connectivity index is 1.76. The average molecular weight is 524 g/mol. The van der Waals surface area contributed by atoms with Crippen molar-refractivity contribution >= 4 is 17.3 Å². The van der Waals surface area contributed by atoms with E-state index in [0.29, 0.717) is 28.7 Å². The van der Waals surface area contributed by atoms with E-state index in [1.807, 2.05) is 19.9 Å². The third kappa shape index (κ3) is 6.55. The quantitative estimate of drug-likeness (QED) is 0.286. The van der Waals surface area contributed by atoms with Crippen LogP contribution in [0.4, 0.5) is 13.2 Å². The highest BCUT2D eigenvalue weighted by atomic mass is 32.1. The molecular weight excluding hydrogens is 495 g/mol.